The lowest BCUT2D eigenvalue weighted by atomic mass is 10.0. The highest BCUT2D eigenvalue weighted by molar-refractivity contribution is 6.42. The van der Waals surface area contributed by atoms with Gasteiger partial charge in [-0.15, -0.1) is 0 Å². The van der Waals surface area contributed by atoms with E-state index in [0.717, 1.165) is 16.5 Å². The second kappa shape index (κ2) is 4.62. The van der Waals surface area contributed by atoms with E-state index in [0.29, 0.717) is 5.58 Å². The largest absolute Gasteiger partial charge is 0.363 e. The van der Waals surface area contributed by atoms with Gasteiger partial charge in [0.05, 0.1) is 6.20 Å². The van der Waals surface area contributed by atoms with Gasteiger partial charge in [0, 0.05) is 10.9 Å². The molecule has 1 amide bonds. The number of rotatable bonds is 3. The number of primary amides is 1. The molecular weight excluding hydrogens is 256 g/mol. The number of carbonyl (C=O) groups excluding carboxylic acids is 2. The van der Waals surface area contributed by atoms with Crippen LogP contribution in [0.15, 0.2) is 53.2 Å². The summed E-state index contributed by atoms with van der Waals surface area (Å²) in [7, 11) is 0. The molecule has 0 atom stereocenters. The maximum atomic E-state index is 11.4. The first-order valence-electron chi connectivity index (χ1n) is 5.94. The minimum absolute atomic E-state index is 0.280. The third-order valence-corrected chi connectivity index (χ3v) is 3.06. The molecule has 0 bridgehead atoms. The molecule has 5 nitrogen and oxygen atoms in total. The Bertz CT molecular complexity index is 803. The van der Waals surface area contributed by atoms with Crippen molar-refractivity contribution in [3.8, 4) is 11.1 Å². The molecule has 0 aliphatic heterocycles. The minimum Gasteiger partial charge on any atom is -0.363 e. The molecule has 0 spiro atoms. The van der Waals surface area contributed by atoms with Crippen LogP contribution in [0.5, 0.6) is 0 Å². The summed E-state index contributed by atoms with van der Waals surface area (Å²) in [6, 6.07) is 12.4. The number of fused-ring (bicyclic) bond motifs is 1. The number of ketones is 1. The zero-order chi connectivity index (χ0) is 14.1. The van der Waals surface area contributed by atoms with Crippen LogP contribution in [0, 0.1) is 0 Å². The van der Waals surface area contributed by atoms with Crippen molar-refractivity contribution in [2.75, 3.05) is 0 Å². The summed E-state index contributed by atoms with van der Waals surface area (Å²) in [6.07, 6.45) is 1.65. The zero-order valence-corrected chi connectivity index (χ0v) is 10.4. The first kappa shape index (κ1) is 12.1. The standard InChI is InChI=1S/C15H10N2O3/c16-15(19)14(18)10-3-1-9(2-4-10)11-5-6-12-8-17-20-13(12)7-11/h1-8H,(H2,16,19). The van der Waals surface area contributed by atoms with Crippen LogP contribution in [0.25, 0.3) is 22.1 Å². The molecule has 0 aliphatic carbocycles. The highest BCUT2D eigenvalue weighted by atomic mass is 16.5. The molecule has 0 saturated heterocycles. The number of aromatic nitrogens is 1. The van der Waals surface area contributed by atoms with Gasteiger partial charge in [-0.25, -0.2) is 0 Å². The van der Waals surface area contributed by atoms with E-state index in [9.17, 15) is 9.59 Å². The monoisotopic (exact) mass is 266 g/mol. The van der Waals surface area contributed by atoms with Crippen LogP contribution in [-0.4, -0.2) is 16.8 Å². The summed E-state index contributed by atoms with van der Waals surface area (Å²) in [4.78, 5) is 22.3. The second-order valence-corrected chi connectivity index (χ2v) is 4.35. The zero-order valence-electron chi connectivity index (χ0n) is 10.4. The molecule has 3 rings (SSSR count). The van der Waals surface area contributed by atoms with Crippen molar-refractivity contribution < 1.29 is 14.1 Å². The summed E-state index contributed by atoms with van der Waals surface area (Å²) in [5, 5.41) is 4.65. The Hall–Kier alpha value is -2.95. The van der Waals surface area contributed by atoms with Crippen LogP contribution in [0.2, 0.25) is 0 Å². The van der Waals surface area contributed by atoms with Gasteiger partial charge in [0.2, 0.25) is 5.78 Å². The molecule has 0 unspecified atom stereocenters. The second-order valence-electron chi connectivity index (χ2n) is 4.35. The molecule has 98 valence electrons. The summed E-state index contributed by atoms with van der Waals surface area (Å²) in [5.74, 6) is -1.65. The molecule has 20 heavy (non-hydrogen) atoms. The molecule has 0 saturated carbocycles. The van der Waals surface area contributed by atoms with Gasteiger partial charge >= 0.3 is 0 Å². The van der Waals surface area contributed by atoms with E-state index in [1.54, 1.807) is 30.5 Å². The third kappa shape index (κ3) is 2.05. The van der Waals surface area contributed by atoms with Crippen molar-refractivity contribution in [1.82, 2.24) is 5.16 Å². The first-order chi connectivity index (χ1) is 9.65. The number of nitrogens with zero attached hydrogens (tertiary/aromatic N) is 1. The Labute approximate surface area is 114 Å². The molecule has 1 aromatic heterocycles. The summed E-state index contributed by atoms with van der Waals surface area (Å²) in [6.45, 7) is 0. The molecule has 0 fully saturated rings. The van der Waals surface area contributed by atoms with Crippen molar-refractivity contribution in [1.29, 1.82) is 0 Å². The average molecular weight is 266 g/mol. The van der Waals surface area contributed by atoms with Crippen LogP contribution in [0.4, 0.5) is 0 Å². The van der Waals surface area contributed by atoms with E-state index < -0.39 is 11.7 Å². The van der Waals surface area contributed by atoms with E-state index in [1.807, 2.05) is 18.2 Å². The van der Waals surface area contributed by atoms with E-state index >= 15 is 0 Å². The van der Waals surface area contributed by atoms with Crippen LogP contribution in [-0.2, 0) is 4.79 Å². The fourth-order valence-corrected chi connectivity index (χ4v) is 2.00. The predicted octanol–water partition coefficient (Wildman–Crippen LogP) is 2.16. The van der Waals surface area contributed by atoms with Crippen LogP contribution < -0.4 is 5.73 Å². The molecule has 5 heteroatoms. The maximum Gasteiger partial charge on any atom is 0.289 e. The Morgan fingerprint density at radius 3 is 2.40 bits per heavy atom. The number of amides is 1. The van der Waals surface area contributed by atoms with Crippen molar-refractivity contribution in [2.24, 2.45) is 5.73 Å². The van der Waals surface area contributed by atoms with Gasteiger partial charge in [-0.2, -0.15) is 0 Å². The maximum absolute atomic E-state index is 11.4. The van der Waals surface area contributed by atoms with Crippen LogP contribution >= 0.6 is 0 Å². The van der Waals surface area contributed by atoms with Gasteiger partial charge in [0.25, 0.3) is 5.91 Å². The molecule has 1 heterocycles. The van der Waals surface area contributed by atoms with E-state index in [1.165, 1.54) is 0 Å². The van der Waals surface area contributed by atoms with Crippen molar-refractivity contribution in [2.45, 2.75) is 0 Å². The van der Waals surface area contributed by atoms with Gasteiger partial charge in [0.1, 0.15) is 0 Å². The Morgan fingerprint density at radius 2 is 1.70 bits per heavy atom. The normalized spacial score (nSPS) is 10.6. The molecular formula is C15H10N2O3. The summed E-state index contributed by atoms with van der Waals surface area (Å²) >= 11 is 0. The average Bonchev–Trinajstić information content (AvgIpc) is 2.94. The number of Topliss-reactive ketones (excluding diaryl/α,β-unsaturated/α-hetero) is 1. The van der Waals surface area contributed by atoms with Crippen LogP contribution in [0.1, 0.15) is 10.4 Å². The van der Waals surface area contributed by atoms with Crippen molar-refractivity contribution in [3.63, 3.8) is 0 Å². The fraction of sp³-hybridized carbons (Fsp3) is 0. The van der Waals surface area contributed by atoms with Gasteiger partial charge in [0.15, 0.2) is 5.58 Å². The fourth-order valence-electron chi connectivity index (χ4n) is 2.00. The Balaban J connectivity index is 1.98. The smallest absolute Gasteiger partial charge is 0.289 e. The van der Waals surface area contributed by atoms with E-state index in [4.69, 9.17) is 10.3 Å². The van der Waals surface area contributed by atoms with Crippen molar-refractivity contribution >= 4 is 22.7 Å². The molecule has 0 aliphatic rings. The summed E-state index contributed by atoms with van der Waals surface area (Å²) < 4.78 is 5.11. The molecule has 2 aromatic carbocycles. The highest BCUT2D eigenvalue weighted by Gasteiger charge is 2.12. The van der Waals surface area contributed by atoms with Gasteiger partial charge in [-0.3, -0.25) is 9.59 Å². The topological polar surface area (TPSA) is 86.2 Å². The number of hydrogen-bond acceptors (Lipinski definition) is 4. The van der Waals surface area contributed by atoms with E-state index in [2.05, 4.69) is 5.16 Å². The summed E-state index contributed by atoms with van der Waals surface area (Å²) in [5.41, 5.74) is 7.78. The number of carbonyl (C=O) groups is 2. The van der Waals surface area contributed by atoms with Gasteiger partial charge < -0.3 is 10.3 Å². The van der Waals surface area contributed by atoms with E-state index in [-0.39, 0.29) is 5.56 Å². The van der Waals surface area contributed by atoms with Gasteiger partial charge in [-0.05, 0) is 23.3 Å². The third-order valence-electron chi connectivity index (χ3n) is 3.06. The SMILES string of the molecule is NC(=O)C(=O)c1ccc(-c2ccc3cnoc3c2)cc1. The lowest BCUT2D eigenvalue weighted by molar-refractivity contribution is -0.114. The lowest BCUT2D eigenvalue weighted by Crippen LogP contribution is -2.22. The first-order valence-corrected chi connectivity index (χ1v) is 5.94. The minimum atomic E-state index is -0.958. The molecule has 0 radical (unpaired) electrons. The quantitative estimate of drug-likeness (QED) is 0.581. The Morgan fingerprint density at radius 1 is 1.00 bits per heavy atom. The predicted molar refractivity (Wildman–Crippen MR) is 73.0 cm³/mol. The number of hydrogen-bond donors (Lipinski definition) is 1. The van der Waals surface area contributed by atoms with Gasteiger partial charge in [-0.1, -0.05) is 35.5 Å². The highest BCUT2D eigenvalue weighted by Crippen LogP contribution is 2.24. The Kier molecular flexibility index (Phi) is 2.80. The van der Waals surface area contributed by atoms with Crippen molar-refractivity contribution in [3.05, 3.63) is 54.2 Å². The number of nitrogens with two attached hydrogens (primary N) is 1. The molecule has 3 aromatic rings. The number of benzene rings is 2. The van der Waals surface area contributed by atoms with Crippen LogP contribution in [0.3, 0.4) is 0 Å². The molecule has 2 N–H and O–H groups in total. The lowest BCUT2D eigenvalue weighted by Gasteiger charge is -2.02.